The molecule has 0 saturated heterocycles. The Balaban J connectivity index is 2.95. The first kappa shape index (κ1) is 13.9. The van der Waals surface area contributed by atoms with Crippen molar-refractivity contribution in [3.63, 3.8) is 0 Å². The molecule has 7 heteroatoms. The second kappa shape index (κ2) is 6.54. The van der Waals surface area contributed by atoms with Crippen LogP contribution in [0.15, 0.2) is 23.3 Å². The highest BCUT2D eigenvalue weighted by atomic mass is 35.5. The number of hydrogen-bond acceptors (Lipinski definition) is 3. The minimum atomic E-state index is -1.13. The highest BCUT2D eigenvalue weighted by Crippen LogP contribution is 2.24. The Morgan fingerprint density at radius 3 is 2.94 bits per heavy atom. The first-order valence-corrected chi connectivity index (χ1v) is 5.43. The average Bonchev–Trinajstić information content (AvgIpc) is 2.32. The quantitative estimate of drug-likeness (QED) is 0.280. The van der Waals surface area contributed by atoms with Gasteiger partial charge in [0.1, 0.15) is 0 Å². The summed E-state index contributed by atoms with van der Waals surface area (Å²) in [5.74, 6) is -1.13. The van der Waals surface area contributed by atoms with Gasteiger partial charge in [-0.2, -0.15) is 0 Å². The molecule has 0 atom stereocenters. The summed E-state index contributed by atoms with van der Waals surface area (Å²) in [5, 5.41) is 12.6. The number of halogens is 1. The number of nitrogen functional groups attached to an aromatic ring is 1. The molecule has 1 aromatic rings. The molecule has 0 aliphatic rings. The molecule has 0 aliphatic carbocycles. The molecule has 0 heterocycles. The lowest BCUT2D eigenvalue weighted by Crippen LogP contribution is -2.04. The number of nitrogens with zero attached hydrogens (tertiary/aromatic N) is 3. The molecular weight excluding hydrogens is 256 g/mol. The predicted octanol–water partition coefficient (Wildman–Crippen LogP) is 3.33. The van der Waals surface area contributed by atoms with E-state index in [1.165, 1.54) is 6.07 Å². The van der Waals surface area contributed by atoms with E-state index >= 15 is 0 Å². The summed E-state index contributed by atoms with van der Waals surface area (Å²) in [5.41, 5.74) is 14.5. The molecule has 1 aromatic carbocycles. The lowest BCUT2D eigenvalue weighted by molar-refractivity contribution is 0.0698. The van der Waals surface area contributed by atoms with Crippen LogP contribution in [0.3, 0.4) is 0 Å². The summed E-state index contributed by atoms with van der Waals surface area (Å²) in [7, 11) is 0. The number of benzene rings is 1. The molecule has 0 aromatic heterocycles. The van der Waals surface area contributed by atoms with E-state index in [0.29, 0.717) is 23.6 Å². The molecule has 0 saturated carbocycles. The van der Waals surface area contributed by atoms with Gasteiger partial charge in [0.05, 0.1) is 11.3 Å². The van der Waals surface area contributed by atoms with Crippen molar-refractivity contribution in [2.24, 2.45) is 5.11 Å². The number of azide groups is 1. The van der Waals surface area contributed by atoms with Gasteiger partial charge >= 0.3 is 5.97 Å². The van der Waals surface area contributed by atoms with Gasteiger partial charge in [-0.05, 0) is 29.6 Å². The number of nitrogens with two attached hydrogens (primary N) is 1. The van der Waals surface area contributed by atoms with Crippen molar-refractivity contribution in [3.05, 3.63) is 44.8 Å². The third kappa shape index (κ3) is 3.69. The van der Waals surface area contributed by atoms with Crippen LogP contribution in [0.2, 0.25) is 5.02 Å². The molecule has 0 radical (unpaired) electrons. The molecule has 1 rings (SSSR count). The largest absolute Gasteiger partial charge is 0.478 e. The maximum Gasteiger partial charge on any atom is 0.337 e. The van der Waals surface area contributed by atoms with Crippen LogP contribution in [0, 0.1) is 0 Å². The molecule has 3 N–H and O–H groups in total. The van der Waals surface area contributed by atoms with Gasteiger partial charge in [-0.3, -0.25) is 0 Å². The Hall–Kier alpha value is -2.17. The fourth-order valence-electron chi connectivity index (χ4n) is 1.34. The summed E-state index contributed by atoms with van der Waals surface area (Å²) in [6.45, 7) is 0.333. The summed E-state index contributed by atoms with van der Waals surface area (Å²) in [4.78, 5) is 13.5. The smallest absolute Gasteiger partial charge is 0.337 e. The first-order valence-electron chi connectivity index (χ1n) is 5.06. The first-order chi connectivity index (χ1) is 8.56. The zero-order chi connectivity index (χ0) is 13.5. The summed E-state index contributed by atoms with van der Waals surface area (Å²) in [6.07, 6.45) is 3.93. The van der Waals surface area contributed by atoms with Crippen LogP contribution in [0.4, 0.5) is 5.69 Å². The number of carboxylic acid groups (broad SMARTS) is 1. The Kier molecular flexibility index (Phi) is 5.05. The van der Waals surface area contributed by atoms with Crippen LogP contribution in [-0.2, 0) is 0 Å². The van der Waals surface area contributed by atoms with E-state index in [0.717, 1.165) is 0 Å². The van der Waals surface area contributed by atoms with Gasteiger partial charge in [-0.1, -0.05) is 28.9 Å². The van der Waals surface area contributed by atoms with E-state index in [2.05, 4.69) is 10.0 Å². The van der Waals surface area contributed by atoms with Gasteiger partial charge < -0.3 is 10.8 Å². The standard InChI is InChI=1S/C11H11ClN4O2/c12-8-5-7(3-1-2-4-15-16-14)10(13)9(6-8)11(17)18/h1,3,5-6H,2,4,13H2,(H,17,18). The Morgan fingerprint density at radius 2 is 2.33 bits per heavy atom. The topological polar surface area (TPSA) is 112 Å². The molecule has 0 spiro atoms. The summed E-state index contributed by atoms with van der Waals surface area (Å²) >= 11 is 5.81. The van der Waals surface area contributed by atoms with E-state index in [9.17, 15) is 4.79 Å². The van der Waals surface area contributed by atoms with Crippen molar-refractivity contribution >= 4 is 29.3 Å². The number of carbonyl (C=O) groups is 1. The maximum absolute atomic E-state index is 10.9. The van der Waals surface area contributed by atoms with Crippen molar-refractivity contribution in [2.75, 3.05) is 12.3 Å². The van der Waals surface area contributed by atoms with Gasteiger partial charge in [0.2, 0.25) is 0 Å². The molecule has 94 valence electrons. The lowest BCUT2D eigenvalue weighted by Gasteiger charge is -2.05. The Bertz CT molecular complexity index is 536. The Labute approximate surface area is 108 Å². The van der Waals surface area contributed by atoms with Crippen LogP contribution in [0.5, 0.6) is 0 Å². The van der Waals surface area contributed by atoms with Crippen LogP contribution in [0.1, 0.15) is 22.3 Å². The van der Waals surface area contributed by atoms with E-state index in [1.54, 1.807) is 18.2 Å². The molecular formula is C11H11ClN4O2. The second-order valence-electron chi connectivity index (χ2n) is 3.41. The number of aromatic carboxylic acids is 1. The van der Waals surface area contributed by atoms with Crippen LogP contribution >= 0.6 is 11.6 Å². The average molecular weight is 267 g/mol. The van der Waals surface area contributed by atoms with Crippen LogP contribution in [-0.4, -0.2) is 17.6 Å². The van der Waals surface area contributed by atoms with Gasteiger partial charge in [-0.25, -0.2) is 4.79 Å². The SMILES string of the molecule is [N-]=[N+]=NCCC=Cc1cc(Cl)cc(C(=O)O)c1N. The second-order valence-corrected chi connectivity index (χ2v) is 3.84. The van der Waals surface area contributed by atoms with Gasteiger partial charge in [-0.15, -0.1) is 0 Å². The monoisotopic (exact) mass is 266 g/mol. The molecule has 18 heavy (non-hydrogen) atoms. The van der Waals surface area contributed by atoms with E-state index < -0.39 is 5.97 Å². The maximum atomic E-state index is 10.9. The molecule has 6 nitrogen and oxygen atoms in total. The summed E-state index contributed by atoms with van der Waals surface area (Å²) in [6, 6.07) is 2.88. The van der Waals surface area contributed by atoms with Gasteiger partial charge in [0.15, 0.2) is 0 Å². The Morgan fingerprint density at radius 1 is 1.61 bits per heavy atom. The zero-order valence-electron chi connectivity index (χ0n) is 9.38. The molecule has 0 aliphatic heterocycles. The minimum Gasteiger partial charge on any atom is -0.478 e. The van der Waals surface area contributed by atoms with Crippen molar-refractivity contribution in [2.45, 2.75) is 6.42 Å². The molecule has 0 bridgehead atoms. The van der Waals surface area contributed by atoms with Crippen molar-refractivity contribution in [3.8, 4) is 0 Å². The number of carboxylic acids is 1. The van der Waals surface area contributed by atoms with Gasteiger partial charge in [0.25, 0.3) is 0 Å². The lowest BCUT2D eigenvalue weighted by atomic mass is 10.1. The highest BCUT2D eigenvalue weighted by Gasteiger charge is 2.11. The third-order valence-electron chi connectivity index (χ3n) is 2.16. The minimum absolute atomic E-state index is 0.0304. The van der Waals surface area contributed by atoms with Crippen LogP contribution < -0.4 is 5.73 Å². The van der Waals surface area contributed by atoms with Crippen molar-refractivity contribution < 1.29 is 9.90 Å². The van der Waals surface area contributed by atoms with E-state index in [-0.39, 0.29) is 11.3 Å². The fourth-order valence-corrected chi connectivity index (χ4v) is 1.57. The normalized spacial score (nSPS) is 10.3. The van der Waals surface area contributed by atoms with Crippen molar-refractivity contribution in [1.29, 1.82) is 0 Å². The highest BCUT2D eigenvalue weighted by molar-refractivity contribution is 6.31. The van der Waals surface area contributed by atoms with Crippen molar-refractivity contribution in [1.82, 2.24) is 0 Å². The van der Waals surface area contributed by atoms with Gasteiger partial charge in [0, 0.05) is 16.5 Å². The molecule has 0 fully saturated rings. The third-order valence-corrected chi connectivity index (χ3v) is 2.38. The fraction of sp³-hybridized carbons (Fsp3) is 0.182. The summed E-state index contributed by atoms with van der Waals surface area (Å²) < 4.78 is 0. The number of anilines is 1. The number of rotatable bonds is 5. The predicted molar refractivity (Wildman–Crippen MR) is 70.5 cm³/mol. The molecule has 0 amide bonds. The number of hydrogen-bond donors (Lipinski definition) is 2. The zero-order valence-corrected chi connectivity index (χ0v) is 10.1. The van der Waals surface area contributed by atoms with Crippen LogP contribution in [0.25, 0.3) is 16.5 Å². The molecule has 0 unspecified atom stereocenters. The van der Waals surface area contributed by atoms with E-state index in [1.807, 2.05) is 0 Å². The van der Waals surface area contributed by atoms with E-state index in [4.69, 9.17) is 28.0 Å².